The molecule has 0 aliphatic rings. The van der Waals surface area contributed by atoms with E-state index in [4.69, 9.17) is 21.4 Å². The Morgan fingerprint density at radius 2 is 2.26 bits per heavy atom. The fourth-order valence-electron chi connectivity index (χ4n) is 1.71. The summed E-state index contributed by atoms with van der Waals surface area (Å²) in [5, 5.41) is 9.32. The van der Waals surface area contributed by atoms with Crippen molar-refractivity contribution in [3.8, 4) is 0 Å². The summed E-state index contributed by atoms with van der Waals surface area (Å²) in [6, 6.07) is 5.50. The second kappa shape index (κ2) is 7.16. The first-order valence-electron chi connectivity index (χ1n) is 5.88. The number of carboxylic acid groups (broad SMARTS) is 1. The molecule has 0 amide bonds. The predicted molar refractivity (Wildman–Crippen MR) is 77.9 cm³/mol. The van der Waals surface area contributed by atoms with Gasteiger partial charge in [-0.2, -0.15) is 0 Å². The number of aliphatic carboxylic acids is 1. The number of hydrogen-bond acceptors (Lipinski definition) is 3. The summed E-state index contributed by atoms with van der Waals surface area (Å²) in [6.45, 7) is 2.60. The highest BCUT2D eigenvalue weighted by Gasteiger charge is 2.13. The first-order chi connectivity index (χ1) is 8.95. The predicted octanol–water partition coefficient (Wildman–Crippen LogP) is 2.91. The van der Waals surface area contributed by atoms with Gasteiger partial charge in [0.2, 0.25) is 0 Å². The summed E-state index contributed by atoms with van der Waals surface area (Å²) in [5.41, 5.74) is 1.67. The van der Waals surface area contributed by atoms with Crippen LogP contribution in [-0.4, -0.2) is 37.9 Å². The van der Waals surface area contributed by atoms with Crippen LogP contribution in [0.5, 0.6) is 0 Å². The van der Waals surface area contributed by atoms with Gasteiger partial charge in [0, 0.05) is 37.0 Å². The normalized spacial score (nSPS) is 12.6. The minimum atomic E-state index is -0.978. The number of halogens is 1. The van der Waals surface area contributed by atoms with Gasteiger partial charge in [0.1, 0.15) is 0 Å². The highest BCUT2D eigenvalue weighted by Crippen LogP contribution is 2.26. The van der Waals surface area contributed by atoms with E-state index in [2.05, 4.69) is 0 Å². The number of rotatable bonds is 6. The first-order valence-corrected chi connectivity index (χ1v) is 6.25. The van der Waals surface area contributed by atoms with E-state index in [0.717, 1.165) is 17.3 Å². The average molecular weight is 284 g/mol. The Balaban J connectivity index is 3.09. The number of anilines is 1. The van der Waals surface area contributed by atoms with Crippen LogP contribution in [0.3, 0.4) is 0 Å². The molecular weight excluding hydrogens is 266 g/mol. The van der Waals surface area contributed by atoms with Crippen LogP contribution in [0.1, 0.15) is 12.5 Å². The van der Waals surface area contributed by atoms with Crippen LogP contribution >= 0.6 is 11.6 Å². The van der Waals surface area contributed by atoms with E-state index in [1.807, 2.05) is 24.9 Å². The standard InChI is InChI=1S/C14H18ClNO3/c1-10(9-19-3)16(2)13-8-12(15)6-4-11(13)5-7-14(17)18/h4-8,10H,9H2,1-3H3,(H,17,18)/b7-5+. The molecule has 0 aromatic heterocycles. The number of carbonyl (C=O) groups is 1. The molecule has 0 spiro atoms. The lowest BCUT2D eigenvalue weighted by atomic mass is 10.1. The minimum Gasteiger partial charge on any atom is -0.478 e. The van der Waals surface area contributed by atoms with Gasteiger partial charge < -0.3 is 14.7 Å². The maximum Gasteiger partial charge on any atom is 0.328 e. The van der Waals surface area contributed by atoms with Crippen LogP contribution in [0.4, 0.5) is 5.69 Å². The first kappa shape index (κ1) is 15.5. The van der Waals surface area contributed by atoms with Crippen molar-refractivity contribution in [1.82, 2.24) is 0 Å². The van der Waals surface area contributed by atoms with Crippen LogP contribution in [0, 0.1) is 0 Å². The molecule has 1 aromatic rings. The molecule has 1 atom stereocenters. The minimum absolute atomic E-state index is 0.153. The van der Waals surface area contributed by atoms with Crippen LogP contribution in [0.25, 0.3) is 6.08 Å². The van der Waals surface area contributed by atoms with Gasteiger partial charge in [-0.15, -0.1) is 0 Å². The van der Waals surface area contributed by atoms with Crippen LogP contribution in [0.2, 0.25) is 5.02 Å². The Labute approximate surface area is 118 Å². The number of likely N-dealkylation sites (N-methyl/N-ethyl adjacent to an activating group) is 1. The molecule has 0 saturated heterocycles. The second-order valence-corrected chi connectivity index (χ2v) is 4.73. The van der Waals surface area contributed by atoms with Gasteiger partial charge in [-0.1, -0.05) is 17.7 Å². The van der Waals surface area contributed by atoms with Crippen molar-refractivity contribution in [3.63, 3.8) is 0 Å². The molecule has 1 rings (SSSR count). The fourth-order valence-corrected chi connectivity index (χ4v) is 1.88. The third kappa shape index (κ3) is 4.58. The van der Waals surface area contributed by atoms with Crippen LogP contribution in [0.15, 0.2) is 24.3 Å². The number of benzene rings is 1. The largest absolute Gasteiger partial charge is 0.478 e. The Bertz CT molecular complexity index is 474. The Morgan fingerprint density at radius 1 is 1.58 bits per heavy atom. The molecule has 0 heterocycles. The molecule has 1 N–H and O–H groups in total. The maximum atomic E-state index is 10.6. The van der Waals surface area contributed by atoms with E-state index < -0.39 is 5.97 Å². The van der Waals surface area contributed by atoms with Gasteiger partial charge in [0.05, 0.1) is 6.61 Å². The van der Waals surface area contributed by atoms with Crippen molar-refractivity contribution in [3.05, 3.63) is 34.9 Å². The summed E-state index contributed by atoms with van der Waals surface area (Å²) < 4.78 is 5.13. The molecular formula is C14H18ClNO3. The van der Waals surface area contributed by atoms with Crippen molar-refractivity contribution in [2.45, 2.75) is 13.0 Å². The van der Waals surface area contributed by atoms with Crippen LogP contribution in [-0.2, 0) is 9.53 Å². The Morgan fingerprint density at radius 3 is 2.84 bits per heavy atom. The van der Waals surface area contributed by atoms with Crippen molar-refractivity contribution >= 4 is 29.3 Å². The molecule has 0 aliphatic heterocycles. The molecule has 1 aromatic carbocycles. The van der Waals surface area contributed by atoms with Crippen molar-refractivity contribution in [2.24, 2.45) is 0 Å². The van der Waals surface area contributed by atoms with Crippen molar-refractivity contribution < 1.29 is 14.6 Å². The summed E-state index contributed by atoms with van der Waals surface area (Å²) >= 11 is 6.01. The number of ether oxygens (including phenoxy) is 1. The van der Waals surface area contributed by atoms with Gasteiger partial charge in [-0.05, 0) is 30.7 Å². The molecule has 5 heteroatoms. The van der Waals surface area contributed by atoms with E-state index >= 15 is 0 Å². The lowest BCUT2D eigenvalue weighted by molar-refractivity contribution is -0.131. The van der Waals surface area contributed by atoms with Gasteiger partial charge in [0.15, 0.2) is 0 Å². The molecule has 0 radical (unpaired) electrons. The Hall–Kier alpha value is -1.52. The molecule has 104 valence electrons. The lowest BCUT2D eigenvalue weighted by Gasteiger charge is -2.28. The zero-order valence-electron chi connectivity index (χ0n) is 11.3. The molecule has 0 aliphatic carbocycles. The third-order valence-electron chi connectivity index (χ3n) is 2.85. The van der Waals surface area contributed by atoms with E-state index in [0.29, 0.717) is 11.6 Å². The lowest BCUT2D eigenvalue weighted by Crippen LogP contribution is -2.33. The van der Waals surface area contributed by atoms with E-state index in [-0.39, 0.29) is 6.04 Å². The Kier molecular flexibility index (Phi) is 5.86. The molecule has 0 saturated carbocycles. The van der Waals surface area contributed by atoms with Gasteiger partial charge in [0.25, 0.3) is 0 Å². The molecule has 1 unspecified atom stereocenters. The number of carboxylic acids is 1. The van der Waals surface area contributed by atoms with Crippen molar-refractivity contribution in [1.29, 1.82) is 0 Å². The quantitative estimate of drug-likeness (QED) is 0.816. The SMILES string of the molecule is COCC(C)N(C)c1cc(Cl)ccc1/C=C/C(=O)O. The number of hydrogen-bond donors (Lipinski definition) is 1. The number of nitrogens with zero attached hydrogens (tertiary/aromatic N) is 1. The topological polar surface area (TPSA) is 49.8 Å². The zero-order valence-corrected chi connectivity index (χ0v) is 12.0. The third-order valence-corrected chi connectivity index (χ3v) is 3.08. The number of methoxy groups -OCH3 is 1. The summed E-state index contributed by atoms with van der Waals surface area (Å²) in [7, 11) is 3.57. The summed E-state index contributed by atoms with van der Waals surface area (Å²) in [5.74, 6) is -0.978. The second-order valence-electron chi connectivity index (χ2n) is 4.29. The zero-order chi connectivity index (χ0) is 14.4. The van der Waals surface area contributed by atoms with Crippen LogP contribution < -0.4 is 4.90 Å². The summed E-state index contributed by atoms with van der Waals surface area (Å²) in [6.07, 6.45) is 2.67. The molecule has 19 heavy (non-hydrogen) atoms. The maximum absolute atomic E-state index is 10.6. The monoisotopic (exact) mass is 283 g/mol. The average Bonchev–Trinajstić information content (AvgIpc) is 2.36. The molecule has 4 nitrogen and oxygen atoms in total. The van der Waals surface area contributed by atoms with E-state index in [1.54, 1.807) is 25.3 Å². The van der Waals surface area contributed by atoms with Gasteiger partial charge in [-0.25, -0.2) is 4.79 Å². The highest BCUT2D eigenvalue weighted by molar-refractivity contribution is 6.31. The van der Waals surface area contributed by atoms with E-state index in [1.165, 1.54) is 0 Å². The van der Waals surface area contributed by atoms with Gasteiger partial charge >= 0.3 is 5.97 Å². The van der Waals surface area contributed by atoms with Gasteiger partial charge in [-0.3, -0.25) is 0 Å². The van der Waals surface area contributed by atoms with E-state index in [9.17, 15) is 4.79 Å². The highest BCUT2D eigenvalue weighted by atomic mass is 35.5. The molecule has 0 bridgehead atoms. The molecule has 0 fully saturated rings. The van der Waals surface area contributed by atoms with Crippen molar-refractivity contribution in [2.75, 3.05) is 25.7 Å². The fraction of sp³-hybridized carbons (Fsp3) is 0.357. The summed E-state index contributed by atoms with van der Waals surface area (Å²) in [4.78, 5) is 12.6. The smallest absolute Gasteiger partial charge is 0.328 e.